The Bertz CT molecular complexity index is 585. The van der Waals surface area contributed by atoms with Gasteiger partial charge in [-0.15, -0.1) is 0 Å². The minimum Gasteiger partial charge on any atom is -0.458 e. The summed E-state index contributed by atoms with van der Waals surface area (Å²) in [4.78, 5) is 0. The molecule has 1 aromatic heterocycles. The van der Waals surface area contributed by atoms with Gasteiger partial charge in [-0.25, -0.2) is 0 Å². The summed E-state index contributed by atoms with van der Waals surface area (Å²) in [7, 11) is 0. The van der Waals surface area contributed by atoms with Crippen LogP contribution >= 0.6 is 0 Å². The number of hydrogen-bond donors (Lipinski definition) is 1. The molecule has 0 fully saturated rings. The number of benzene rings is 1. The van der Waals surface area contributed by atoms with Crippen LogP contribution in [-0.4, -0.2) is 5.11 Å². The molecule has 2 rings (SSSR count). The molecular weight excluding hydrogens is 224 g/mol. The topological polar surface area (TPSA) is 33.4 Å². The summed E-state index contributed by atoms with van der Waals surface area (Å²) in [6.45, 7) is 12.3. The molecule has 0 radical (unpaired) electrons. The second-order valence-electron chi connectivity index (χ2n) is 6.30. The average Bonchev–Trinajstić information content (AvgIpc) is 2.69. The van der Waals surface area contributed by atoms with E-state index >= 15 is 0 Å². The van der Waals surface area contributed by atoms with Crippen LogP contribution in [0.2, 0.25) is 0 Å². The fourth-order valence-electron chi connectivity index (χ4n) is 2.23. The standard InChI is InChI=1S/C16H22O2/c1-9-7-10(2)12-8-13(15(17)16(4,5)6)18-14(12)11(9)3/h7-8,15,17H,1-6H3. The van der Waals surface area contributed by atoms with Gasteiger partial charge in [-0.1, -0.05) is 26.8 Å². The molecular formula is C16H22O2. The van der Waals surface area contributed by atoms with Gasteiger partial charge in [0.25, 0.3) is 0 Å². The maximum absolute atomic E-state index is 10.3. The summed E-state index contributed by atoms with van der Waals surface area (Å²) in [6.07, 6.45) is -0.580. The number of rotatable bonds is 1. The van der Waals surface area contributed by atoms with E-state index in [2.05, 4.69) is 26.8 Å². The molecule has 0 saturated carbocycles. The van der Waals surface area contributed by atoms with E-state index in [0.29, 0.717) is 5.76 Å². The van der Waals surface area contributed by atoms with Crippen molar-refractivity contribution in [3.8, 4) is 0 Å². The Morgan fingerprint density at radius 3 is 2.22 bits per heavy atom. The summed E-state index contributed by atoms with van der Waals surface area (Å²) in [5, 5.41) is 11.4. The monoisotopic (exact) mass is 246 g/mol. The minimum absolute atomic E-state index is 0.218. The molecule has 2 aromatic rings. The molecule has 1 aromatic carbocycles. The molecule has 0 aliphatic carbocycles. The van der Waals surface area contributed by atoms with Gasteiger partial charge in [0.2, 0.25) is 0 Å². The number of aryl methyl sites for hydroxylation is 3. The highest BCUT2D eigenvalue weighted by Gasteiger charge is 2.27. The summed E-state index contributed by atoms with van der Waals surface area (Å²) < 4.78 is 5.90. The van der Waals surface area contributed by atoms with Gasteiger partial charge in [0.05, 0.1) is 0 Å². The molecule has 0 saturated heterocycles. The Morgan fingerprint density at radius 1 is 1.06 bits per heavy atom. The molecule has 2 nitrogen and oxygen atoms in total. The Labute approximate surface area is 109 Å². The highest BCUT2D eigenvalue weighted by Crippen LogP contribution is 2.37. The highest BCUT2D eigenvalue weighted by atomic mass is 16.4. The van der Waals surface area contributed by atoms with Crippen molar-refractivity contribution in [3.05, 3.63) is 34.6 Å². The molecule has 1 heterocycles. The van der Waals surface area contributed by atoms with E-state index < -0.39 is 6.10 Å². The molecule has 0 amide bonds. The number of aliphatic hydroxyl groups is 1. The molecule has 0 aliphatic rings. The SMILES string of the molecule is Cc1cc(C)c2cc(C(O)C(C)(C)C)oc2c1C. The molecule has 1 atom stereocenters. The van der Waals surface area contributed by atoms with Crippen molar-refractivity contribution in [2.24, 2.45) is 5.41 Å². The van der Waals surface area contributed by atoms with Gasteiger partial charge < -0.3 is 9.52 Å². The second-order valence-corrected chi connectivity index (χ2v) is 6.30. The zero-order valence-electron chi connectivity index (χ0n) is 12.1. The first-order valence-electron chi connectivity index (χ1n) is 6.40. The Kier molecular flexibility index (Phi) is 3.02. The van der Waals surface area contributed by atoms with Gasteiger partial charge in [-0.05, 0) is 48.9 Å². The van der Waals surface area contributed by atoms with Crippen molar-refractivity contribution in [1.29, 1.82) is 0 Å². The first kappa shape index (κ1) is 13.2. The Hall–Kier alpha value is -1.28. The smallest absolute Gasteiger partial charge is 0.137 e. The van der Waals surface area contributed by atoms with Crippen LogP contribution in [-0.2, 0) is 0 Å². The van der Waals surface area contributed by atoms with Crippen molar-refractivity contribution in [2.75, 3.05) is 0 Å². The maximum atomic E-state index is 10.3. The molecule has 98 valence electrons. The van der Waals surface area contributed by atoms with Crippen molar-refractivity contribution in [1.82, 2.24) is 0 Å². The van der Waals surface area contributed by atoms with Crippen LogP contribution in [0.4, 0.5) is 0 Å². The van der Waals surface area contributed by atoms with Crippen LogP contribution in [0, 0.1) is 26.2 Å². The second kappa shape index (κ2) is 4.13. The van der Waals surface area contributed by atoms with E-state index in [4.69, 9.17) is 4.42 Å². The largest absolute Gasteiger partial charge is 0.458 e. The van der Waals surface area contributed by atoms with E-state index in [9.17, 15) is 5.11 Å². The van der Waals surface area contributed by atoms with Crippen LogP contribution in [0.3, 0.4) is 0 Å². The predicted octanol–water partition coefficient (Wildman–Crippen LogP) is 4.44. The lowest BCUT2D eigenvalue weighted by molar-refractivity contribution is 0.0448. The third-order valence-corrected chi connectivity index (χ3v) is 3.63. The summed E-state index contributed by atoms with van der Waals surface area (Å²) in [5.41, 5.74) is 4.27. The molecule has 0 spiro atoms. The summed E-state index contributed by atoms with van der Waals surface area (Å²) >= 11 is 0. The average molecular weight is 246 g/mol. The van der Waals surface area contributed by atoms with Gasteiger partial charge in [0.15, 0.2) is 0 Å². The molecule has 2 heteroatoms. The van der Waals surface area contributed by atoms with Gasteiger partial charge in [0, 0.05) is 5.39 Å². The van der Waals surface area contributed by atoms with Crippen LogP contribution in [0.15, 0.2) is 16.5 Å². The predicted molar refractivity (Wildman–Crippen MR) is 74.8 cm³/mol. The minimum atomic E-state index is -0.580. The van der Waals surface area contributed by atoms with Crippen LogP contribution in [0.25, 0.3) is 11.0 Å². The third-order valence-electron chi connectivity index (χ3n) is 3.63. The van der Waals surface area contributed by atoms with E-state index in [1.54, 1.807) is 0 Å². The molecule has 0 bridgehead atoms. The number of hydrogen-bond acceptors (Lipinski definition) is 2. The van der Waals surface area contributed by atoms with Gasteiger partial charge in [0.1, 0.15) is 17.4 Å². The Balaban J connectivity index is 2.64. The fraction of sp³-hybridized carbons (Fsp3) is 0.500. The van der Waals surface area contributed by atoms with Crippen LogP contribution in [0.5, 0.6) is 0 Å². The zero-order chi connectivity index (χ0) is 13.7. The maximum Gasteiger partial charge on any atom is 0.137 e. The normalized spacial score (nSPS) is 14.2. The lowest BCUT2D eigenvalue weighted by Gasteiger charge is -2.23. The molecule has 18 heavy (non-hydrogen) atoms. The first-order valence-corrected chi connectivity index (χ1v) is 6.40. The molecule has 0 aliphatic heterocycles. The number of fused-ring (bicyclic) bond motifs is 1. The highest BCUT2D eigenvalue weighted by molar-refractivity contribution is 5.85. The van der Waals surface area contributed by atoms with Crippen molar-refractivity contribution >= 4 is 11.0 Å². The molecule has 1 N–H and O–H groups in total. The summed E-state index contributed by atoms with van der Waals surface area (Å²) in [6, 6.07) is 4.15. The van der Waals surface area contributed by atoms with Crippen molar-refractivity contribution in [2.45, 2.75) is 47.6 Å². The number of aliphatic hydroxyl groups excluding tert-OH is 1. The quantitative estimate of drug-likeness (QED) is 0.807. The Morgan fingerprint density at radius 2 is 1.67 bits per heavy atom. The van der Waals surface area contributed by atoms with E-state index in [-0.39, 0.29) is 5.41 Å². The van der Waals surface area contributed by atoms with E-state index in [0.717, 1.165) is 16.5 Å². The first-order chi connectivity index (χ1) is 8.21. The van der Waals surface area contributed by atoms with Crippen LogP contribution < -0.4 is 0 Å². The van der Waals surface area contributed by atoms with E-state index in [1.807, 2.05) is 26.8 Å². The fourth-order valence-corrected chi connectivity index (χ4v) is 2.23. The summed E-state index contributed by atoms with van der Waals surface area (Å²) in [5.74, 6) is 0.661. The number of furan rings is 1. The third kappa shape index (κ3) is 2.05. The van der Waals surface area contributed by atoms with Gasteiger partial charge in [-0.3, -0.25) is 0 Å². The molecule has 1 unspecified atom stereocenters. The van der Waals surface area contributed by atoms with E-state index in [1.165, 1.54) is 11.1 Å². The van der Waals surface area contributed by atoms with Crippen molar-refractivity contribution in [3.63, 3.8) is 0 Å². The lowest BCUT2D eigenvalue weighted by atomic mass is 9.87. The lowest BCUT2D eigenvalue weighted by Crippen LogP contribution is -2.17. The van der Waals surface area contributed by atoms with Crippen molar-refractivity contribution < 1.29 is 9.52 Å². The van der Waals surface area contributed by atoms with Gasteiger partial charge in [-0.2, -0.15) is 0 Å². The van der Waals surface area contributed by atoms with Crippen LogP contribution in [0.1, 0.15) is 49.3 Å². The zero-order valence-corrected chi connectivity index (χ0v) is 12.1. The van der Waals surface area contributed by atoms with Gasteiger partial charge >= 0.3 is 0 Å².